The van der Waals surface area contributed by atoms with Crippen molar-refractivity contribution in [3.05, 3.63) is 56.9 Å². The molecule has 4 heteroatoms. The molecule has 1 aromatic carbocycles. The molecular weight excluding hydrogens is 316 g/mol. The predicted octanol–water partition coefficient (Wildman–Crippen LogP) is 4.44. The van der Waals surface area contributed by atoms with Gasteiger partial charge in [0, 0.05) is 33.9 Å². The normalized spacial score (nSPS) is 12.5. The van der Waals surface area contributed by atoms with Crippen LogP contribution < -0.4 is 5.32 Å². The van der Waals surface area contributed by atoms with Gasteiger partial charge < -0.3 is 10.3 Å². The van der Waals surface area contributed by atoms with Crippen molar-refractivity contribution in [2.45, 2.75) is 46.6 Å². The number of carbonyl (C=O) groups excluding carboxylic acids is 1. The van der Waals surface area contributed by atoms with Crippen molar-refractivity contribution in [1.82, 2.24) is 10.3 Å². The molecule has 1 amide bonds. The van der Waals surface area contributed by atoms with Crippen molar-refractivity contribution in [3.8, 4) is 0 Å². The molecule has 2 aromatic heterocycles. The number of thiophene rings is 1. The highest BCUT2D eigenvalue weighted by atomic mass is 32.1. The van der Waals surface area contributed by atoms with E-state index >= 15 is 0 Å². The second-order valence-corrected chi connectivity index (χ2v) is 7.62. The van der Waals surface area contributed by atoms with Crippen molar-refractivity contribution in [1.29, 1.82) is 0 Å². The van der Waals surface area contributed by atoms with Gasteiger partial charge in [0.2, 0.25) is 5.91 Å². The first-order valence-electron chi connectivity index (χ1n) is 8.34. The standard InChI is InChI=1S/C20H24N2OS/c1-12-7-8-17-18(15(4)22-20(17)14(12)3)11-19(23)21-13(2)10-16-6-5-9-24-16/h5-9,13,22H,10-11H2,1-4H3,(H,21,23). The molecule has 0 aliphatic rings. The van der Waals surface area contributed by atoms with Crippen LogP contribution in [0, 0.1) is 20.8 Å². The molecule has 3 nitrogen and oxygen atoms in total. The van der Waals surface area contributed by atoms with Crippen LogP contribution in [0.1, 0.15) is 34.2 Å². The topological polar surface area (TPSA) is 44.9 Å². The summed E-state index contributed by atoms with van der Waals surface area (Å²) in [6.45, 7) is 8.35. The third-order valence-electron chi connectivity index (χ3n) is 4.66. The van der Waals surface area contributed by atoms with Crippen molar-refractivity contribution in [2.24, 2.45) is 0 Å². The highest BCUT2D eigenvalue weighted by Crippen LogP contribution is 2.27. The molecule has 0 spiro atoms. The van der Waals surface area contributed by atoms with E-state index in [1.54, 1.807) is 11.3 Å². The Hall–Kier alpha value is -2.07. The smallest absolute Gasteiger partial charge is 0.224 e. The predicted molar refractivity (Wildman–Crippen MR) is 102 cm³/mol. The zero-order valence-corrected chi connectivity index (χ0v) is 15.5. The minimum atomic E-state index is 0.0845. The van der Waals surface area contributed by atoms with E-state index in [9.17, 15) is 4.79 Å². The molecule has 0 fully saturated rings. The molecule has 0 saturated carbocycles. The number of benzene rings is 1. The summed E-state index contributed by atoms with van der Waals surface area (Å²) in [5, 5.41) is 6.36. The number of aromatic amines is 1. The van der Waals surface area contributed by atoms with E-state index in [4.69, 9.17) is 0 Å². The fourth-order valence-corrected chi connectivity index (χ4v) is 4.02. The molecule has 3 aromatic rings. The molecule has 2 N–H and O–H groups in total. The first kappa shape index (κ1) is 16.8. The van der Waals surface area contributed by atoms with Crippen molar-refractivity contribution in [2.75, 3.05) is 0 Å². The molecule has 0 aliphatic carbocycles. The van der Waals surface area contributed by atoms with Gasteiger partial charge >= 0.3 is 0 Å². The van der Waals surface area contributed by atoms with Crippen LogP contribution in [-0.2, 0) is 17.6 Å². The van der Waals surface area contributed by atoms with E-state index in [1.165, 1.54) is 16.0 Å². The summed E-state index contributed by atoms with van der Waals surface area (Å²) in [6, 6.07) is 8.56. The number of rotatable bonds is 5. The summed E-state index contributed by atoms with van der Waals surface area (Å²) in [4.78, 5) is 17.2. The van der Waals surface area contributed by atoms with Gasteiger partial charge in [-0.25, -0.2) is 0 Å². The Morgan fingerprint density at radius 2 is 2.04 bits per heavy atom. The highest BCUT2D eigenvalue weighted by molar-refractivity contribution is 7.09. The lowest BCUT2D eigenvalue weighted by Gasteiger charge is -2.13. The summed E-state index contributed by atoms with van der Waals surface area (Å²) >= 11 is 1.73. The van der Waals surface area contributed by atoms with Gasteiger partial charge in [-0.05, 0) is 55.8 Å². The van der Waals surface area contributed by atoms with Crippen LogP contribution >= 0.6 is 11.3 Å². The maximum absolute atomic E-state index is 12.5. The molecular formula is C20H24N2OS. The first-order chi connectivity index (χ1) is 11.5. The first-order valence-corrected chi connectivity index (χ1v) is 9.22. The molecule has 3 rings (SSSR count). The zero-order chi connectivity index (χ0) is 17.3. The van der Waals surface area contributed by atoms with Crippen molar-refractivity contribution < 1.29 is 4.79 Å². The molecule has 0 bridgehead atoms. The molecule has 0 saturated heterocycles. The number of hydrogen-bond acceptors (Lipinski definition) is 2. The average molecular weight is 340 g/mol. The van der Waals surface area contributed by atoms with Gasteiger partial charge in [0.1, 0.15) is 0 Å². The minimum absolute atomic E-state index is 0.0845. The number of amides is 1. The van der Waals surface area contributed by atoms with E-state index in [0.717, 1.165) is 28.6 Å². The maximum Gasteiger partial charge on any atom is 0.224 e. The fourth-order valence-electron chi connectivity index (χ4n) is 3.19. The SMILES string of the molecule is Cc1ccc2c(CC(=O)NC(C)Cc3cccs3)c(C)[nH]c2c1C. The number of fused-ring (bicyclic) bond motifs is 1. The van der Waals surface area contributed by atoms with E-state index < -0.39 is 0 Å². The van der Waals surface area contributed by atoms with Crippen LogP contribution in [0.4, 0.5) is 0 Å². The van der Waals surface area contributed by atoms with Gasteiger partial charge in [0.25, 0.3) is 0 Å². The van der Waals surface area contributed by atoms with Crippen molar-refractivity contribution >= 4 is 28.1 Å². The maximum atomic E-state index is 12.5. The monoisotopic (exact) mass is 340 g/mol. The summed E-state index contributed by atoms with van der Waals surface area (Å²) in [6.07, 6.45) is 1.30. The van der Waals surface area contributed by atoms with Crippen LogP contribution in [-0.4, -0.2) is 16.9 Å². The van der Waals surface area contributed by atoms with Gasteiger partial charge in [-0.1, -0.05) is 18.2 Å². The number of H-pyrrole nitrogens is 1. The average Bonchev–Trinajstić information content (AvgIpc) is 3.12. The van der Waals surface area contributed by atoms with E-state index in [-0.39, 0.29) is 11.9 Å². The fraction of sp³-hybridized carbons (Fsp3) is 0.350. The van der Waals surface area contributed by atoms with Crippen LogP contribution in [0.25, 0.3) is 10.9 Å². The van der Waals surface area contributed by atoms with E-state index in [0.29, 0.717) is 6.42 Å². The zero-order valence-electron chi connectivity index (χ0n) is 14.7. The van der Waals surface area contributed by atoms with Crippen LogP contribution in [0.5, 0.6) is 0 Å². The van der Waals surface area contributed by atoms with Crippen LogP contribution in [0.2, 0.25) is 0 Å². The largest absolute Gasteiger partial charge is 0.358 e. The molecule has 126 valence electrons. The van der Waals surface area contributed by atoms with Gasteiger partial charge in [-0.15, -0.1) is 11.3 Å². The van der Waals surface area contributed by atoms with Gasteiger partial charge in [0.05, 0.1) is 6.42 Å². The lowest BCUT2D eigenvalue weighted by molar-refractivity contribution is -0.121. The molecule has 0 radical (unpaired) electrons. The molecule has 0 aliphatic heterocycles. The Labute approximate surface area is 147 Å². The van der Waals surface area contributed by atoms with Gasteiger partial charge in [0.15, 0.2) is 0 Å². The molecule has 24 heavy (non-hydrogen) atoms. The minimum Gasteiger partial charge on any atom is -0.358 e. The van der Waals surface area contributed by atoms with E-state index in [2.05, 4.69) is 54.7 Å². The quantitative estimate of drug-likeness (QED) is 0.708. The lowest BCUT2D eigenvalue weighted by Crippen LogP contribution is -2.35. The van der Waals surface area contributed by atoms with Gasteiger partial charge in [-0.3, -0.25) is 4.79 Å². The third-order valence-corrected chi connectivity index (χ3v) is 5.56. The van der Waals surface area contributed by atoms with Gasteiger partial charge in [-0.2, -0.15) is 0 Å². The van der Waals surface area contributed by atoms with Crippen LogP contribution in [0.3, 0.4) is 0 Å². The Balaban J connectivity index is 1.73. The molecule has 1 atom stereocenters. The van der Waals surface area contributed by atoms with Crippen LogP contribution in [0.15, 0.2) is 29.6 Å². The number of nitrogens with one attached hydrogen (secondary N) is 2. The summed E-state index contributed by atoms with van der Waals surface area (Å²) < 4.78 is 0. The van der Waals surface area contributed by atoms with E-state index in [1.807, 2.05) is 13.0 Å². The summed E-state index contributed by atoms with van der Waals surface area (Å²) in [7, 11) is 0. The Kier molecular flexibility index (Phi) is 4.76. The Morgan fingerprint density at radius 3 is 2.75 bits per heavy atom. The summed E-state index contributed by atoms with van der Waals surface area (Å²) in [5.41, 5.74) is 5.87. The number of aryl methyl sites for hydroxylation is 3. The second kappa shape index (κ2) is 6.81. The molecule has 2 heterocycles. The lowest BCUT2D eigenvalue weighted by atomic mass is 10.0. The number of aromatic nitrogens is 1. The highest BCUT2D eigenvalue weighted by Gasteiger charge is 2.16. The Bertz CT molecular complexity index is 862. The summed E-state index contributed by atoms with van der Waals surface area (Å²) in [5.74, 6) is 0.0845. The van der Waals surface area contributed by atoms with Crippen molar-refractivity contribution in [3.63, 3.8) is 0 Å². The number of carbonyl (C=O) groups is 1. The second-order valence-electron chi connectivity index (χ2n) is 6.59. The molecule has 1 unspecified atom stereocenters. The third kappa shape index (κ3) is 3.39. The Morgan fingerprint density at radius 1 is 1.25 bits per heavy atom. The number of hydrogen-bond donors (Lipinski definition) is 2.